The van der Waals surface area contributed by atoms with E-state index in [9.17, 15) is 9.59 Å². The Bertz CT molecular complexity index is 1360. The highest BCUT2D eigenvalue weighted by Gasteiger charge is 2.35. The minimum atomic E-state index is -0.379. The Hall–Kier alpha value is -1.19. The van der Waals surface area contributed by atoms with Gasteiger partial charge in [-0.25, -0.2) is 0 Å². The number of benzene rings is 3. The third-order valence-corrected chi connectivity index (χ3v) is 8.32. The second-order valence-corrected chi connectivity index (χ2v) is 11.7. The van der Waals surface area contributed by atoms with Crippen LogP contribution in [0.5, 0.6) is 5.75 Å². The molecule has 0 bridgehead atoms. The maximum Gasteiger partial charge on any atom is 0.293 e. The zero-order valence-corrected chi connectivity index (χ0v) is 24.5. The quantitative estimate of drug-likeness (QED) is 0.241. The van der Waals surface area contributed by atoms with Crippen molar-refractivity contribution in [2.75, 3.05) is 0 Å². The molecule has 180 valence electrons. The topological polar surface area (TPSA) is 46.6 Å². The average Bonchev–Trinajstić information content (AvgIpc) is 3.04. The number of thioether (sulfide) groups is 1. The summed E-state index contributed by atoms with van der Waals surface area (Å²) in [5, 5.41) is 1.47. The number of ether oxygens (including phenoxy) is 1. The number of hydrogen-bond donors (Lipinski definition) is 0. The van der Waals surface area contributed by atoms with Gasteiger partial charge >= 0.3 is 0 Å². The largest absolute Gasteiger partial charge is 0.486 e. The lowest BCUT2D eigenvalue weighted by Crippen LogP contribution is -2.27. The van der Waals surface area contributed by atoms with Crippen LogP contribution in [0.15, 0.2) is 62.4 Å². The minimum Gasteiger partial charge on any atom is -0.486 e. The lowest BCUT2D eigenvalue weighted by atomic mass is 10.2. The molecule has 0 unspecified atom stereocenters. The summed E-state index contributed by atoms with van der Waals surface area (Å²) in [5.74, 6) is 0.192. The molecule has 1 heterocycles. The van der Waals surface area contributed by atoms with Crippen molar-refractivity contribution in [2.45, 2.75) is 13.2 Å². The van der Waals surface area contributed by atoms with E-state index >= 15 is 0 Å². The highest BCUT2D eigenvalue weighted by atomic mass is 79.9. The fourth-order valence-electron chi connectivity index (χ4n) is 3.20. The van der Waals surface area contributed by atoms with Gasteiger partial charge in [0.1, 0.15) is 12.4 Å². The smallest absolute Gasteiger partial charge is 0.293 e. The molecule has 4 rings (SSSR count). The van der Waals surface area contributed by atoms with Gasteiger partial charge in [-0.2, -0.15) is 0 Å². The normalized spacial score (nSPS) is 14.8. The Morgan fingerprint density at radius 1 is 0.886 bits per heavy atom. The second-order valence-electron chi connectivity index (χ2n) is 7.35. The number of hydrogen-bond acceptors (Lipinski definition) is 4. The second kappa shape index (κ2) is 11.5. The zero-order chi connectivity index (χ0) is 25.3. The molecule has 11 heteroatoms. The molecule has 1 aliphatic rings. The van der Waals surface area contributed by atoms with E-state index in [4.69, 9.17) is 51.1 Å². The summed E-state index contributed by atoms with van der Waals surface area (Å²) in [6.07, 6.45) is 1.66. The molecule has 1 fully saturated rings. The monoisotopic (exact) mass is 693 g/mol. The van der Waals surface area contributed by atoms with Crippen LogP contribution >= 0.6 is 90.0 Å². The lowest BCUT2D eigenvalue weighted by Gasteiger charge is -2.13. The first kappa shape index (κ1) is 26.9. The lowest BCUT2D eigenvalue weighted by molar-refractivity contribution is -0.123. The van der Waals surface area contributed by atoms with E-state index in [0.29, 0.717) is 50.8 Å². The first-order valence-corrected chi connectivity index (χ1v) is 13.8. The van der Waals surface area contributed by atoms with Crippen LogP contribution in [0, 0.1) is 0 Å². The summed E-state index contributed by atoms with van der Waals surface area (Å²) in [4.78, 5) is 26.9. The van der Waals surface area contributed by atoms with Crippen molar-refractivity contribution >= 4 is 107 Å². The Labute approximate surface area is 242 Å². The van der Waals surface area contributed by atoms with Crippen LogP contribution in [0.3, 0.4) is 0 Å². The Kier molecular flexibility index (Phi) is 8.80. The van der Waals surface area contributed by atoms with Crippen molar-refractivity contribution in [2.24, 2.45) is 0 Å². The summed E-state index contributed by atoms with van der Waals surface area (Å²) in [6, 6.07) is 13.8. The molecule has 3 aromatic carbocycles. The van der Waals surface area contributed by atoms with Gasteiger partial charge in [-0.3, -0.25) is 14.5 Å². The molecule has 0 atom stereocenters. The van der Waals surface area contributed by atoms with E-state index in [1.807, 2.05) is 0 Å². The maximum atomic E-state index is 12.9. The summed E-state index contributed by atoms with van der Waals surface area (Å²) >= 11 is 32.1. The number of carbonyl (C=O) groups is 2. The molecule has 0 spiro atoms. The van der Waals surface area contributed by atoms with E-state index in [0.717, 1.165) is 17.3 Å². The maximum absolute atomic E-state index is 12.9. The van der Waals surface area contributed by atoms with E-state index < -0.39 is 0 Å². The zero-order valence-electron chi connectivity index (χ0n) is 17.5. The average molecular weight is 697 g/mol. The van der Waals surface area contributed by atoms with Gasteiger partial charge in [0.15, 0.2) is 0 Å². The number of rotatable bonds is 6. The predicted molar refractivity (Wildman–Crippen MR) is 151 cm³/mol. The molecule has 1 aliphatic heterocycles. The van der Waals surface area contributed by atoms with Crippen LogP contribution in [-0.4, -0.2) is 16.0 Å². The third kappa shape index (κ3) is 6.39. The van der Waals surface area contributed by atoms with Gasteiger partial charge in [0.05, 0.1) is 30.4 Å². The Balaban J connectivity index is 1.50. The number of imide groups is 1. The van der Waals surface area contributed by atoms with Crippen molar-refractivity contribution in [1.82, 2.24) is 4.90 Å². The molecular formula is C24H13Br2Cl4NO3S. The molecule has 0 radical (unpaired) electrons. The van der Waals surface area contributed by atoms with Gasteiger partial charge in [0, 0.05) is 15.6 Å². The van der Waals surface area contributed by atoms with Crippen LogP contribution < -0.4 is 4.74 Å². The minimum absolute atomic E-state index is 0.103. The van der Waals surface area contributed by atoms with Gasteiger partial charge in [0.25, 0.3) is 11.1 Å². The molecule has 4 nitrogen and oxygen atoms in total. The number of nitrogens with zero attached hydrogens (tertiary/aromatic N) is 1. The number of carbonyl (C=O) groups excluding carboxylic acids is 2. The highest BCUT2D eigenvalue weighted by Crippen LogP contribution is 2.39. The van der Waals surface area contributed by atoms with Crippen molar-refractivity contribution < 1.29 is 14.3 Å². The van der Waals surface area contributed by atoms with Gasteiger partial charge in [-0.05, 0) is 97.2 Å². The predicted octanol–water partition coefficient (Wildman–Crippen LogP) is 9.64. The molecule has 0 aromatic heterocycles. The van der Waals surface area contributed by atoms with E-state index in [-0.39, 0.29) is 24.3 Å². The van der Waals surface area contributed by atoms with Crippen LogP contribution in [0.2, 0.25) is 20.1 Å². The fraction of sp³-hybridized carbons (Fsp3) is 0.0833. The molecule has 3 aromatic rings. The Morgan fingerprint density at radius 2 is 1.60 bits per heavy atom. The van der Waals surface area contributed by atoms with Crippen LogP contribution in [-0.2, 0) is 17.9 Å². The molecular weight excluding hydrogens is 684 g/mol. The molecule has 35 heavy (non-hydrogen) atoms. The Morgan fingerprint density at radius 3 is 2.26 bits per heavy atom. The van der Waals surface area contributed by atoms with E-state index in [1.165, 1.54) is 4.90 Å². The van der Waals surface area contributed by atoms with Crippen molar-refractivity contribution in [1.29, 1.82) is 0 Å². The molecule has 0 N–H and O–H groups in total. The van der Waals surface area contributed by atoms with Gasteiger partial charge in [-0.15, -0.1) is 0 Å². The highest BCUT2D eigenvalue weighted by molar-refractivity contribution is 9.11. The molecule has 1 saturated heterocycles. The third-order valence-electron chi connectivity index (χ3n) is 4.90. The number of halogens is 6. The summed E-state index contributed by atoms with van der Waals surface area (Å²) in [6.45, 7) is 0.340. The standard InChI is InChI=1S/C24H13Br2Cl4NO3S/c25-16-5-13(6-17(26)22(16)34-11-14-2-3-15(27)9-19(14)29)8-21-23(32)31(24(33)35-21)10-12-1-4-18(28)20(30)7-12/h1-9H,10-11H2/b21-8-. The summed E-state index contributed by atoms with van der Waals surface area (Å²) in [7, 11) is 0. The van der Waals surface area contributed by atoms with Crippen molar-refractivity contribution in [3.63, 3.8) is 0 Å². The van der Waals surface area contributed by atoms with Crippen LogP contribution in [0.25, 0.3) is 6.08 Å². The molecule has 0 saturated carbocycles. The molecule has 0 aliphatic carbocycles. The van der Waals surface area contributed by atoms with E-state index in [1.54, 1.807) is 54.6 Å². The first-order chi connectivity index (χ1) is 16.6. The van der Waals surface area contributed by atoms with Crippen LogP contribution in [0.4, 0.5) is 4.79 Å². The van der Waals surface area contributed by atoms with Crippen LogP contribution in [0.1, 0.15) is 16.7 Å². The number of amides is 2. The van der Waals surface area contributed by atoms with Crippen molar-refractivity contribution in [3.8, 4) is 5.75 Å². The first-order valence-electron chi connectivity index (χ1n) is 9.87. The SMILES string of the molecule is O=C1S/C(=C\c2cc(Br)c(OCc3ccc(Cl)cc3Cl)c(Br)c2)C(=O)N1Cc1ccc(Cl)c(Cl)c1. The van der Waals surface area contributed by atoms with Crippen molar-refractivity contribution in [3.05, 3.63) is 99.2 Å². The fourth-order valence-corrected chi connectivity index (χ4v) is 6.27. The van der Waals surface area contributed by atoms with Gasteiger partial charge in [0.2, 0.25) is 0 Å². The summed E-state index contributed by atoms with van der Waals surface area (Å²) in [5.41, 5.74) is 2.20. The summed E-state index contributed by atoms with van der Waals surface area (Å²) < 4.78 is 7.27. The van der Waals surface area contributed by atoms with Gasteiger partial charge in [-0.1, -0.05) is 58.5 Å². The van der Waals surface area contributed by atoms with Gasteiger partial charge < -0.3 is 4.74 Å². The van der Waals surface area contributed by atoms with E-state index in [2.05, 4.69) is 31.9 Å². The molecule has 2 amide bonds.